The molecule has 3 rings (SSSR count). The van der Waals surface area contributed by atoms with Crippen LogP contribution in [0.2, 0.25) is 0 Å². The standard InChI is InChI=1S/C16H21N3/c1-13(11-19-8-7-17-12-19)18-10-14-5-6-15-3-2-4-16(15)9-14/h5-9,12-13,18H,2-4,10-11H2,1H3. The van der Waals surface area contributed by atoms with E-state index in [1.54, 1.807) is 11.1 Å². The summed E-state index contributed by atoms with van der Waals surface area (Å²) >= 11 is 0. The van der Waals surface area contributed by atoms with E-state index in [4.69, 9.17) is 0 Å². The lowest BCUT2D eigenvalue weighted by Crippen LogP contribution is -2.29. The van der Waals surface area contributed by atoms with Crippen LogP contribution >= 0.6 is 0 Å². The van der Waals surface area contributed by atoms with E-state index in [-0.39, 0.29) is 0 Å². The molecule has 3 nitrogen and oxygen atoms in total. The minimum absolute atomic E-state index is 0.447. The zero-order chi connectivity index (χ0) is 13.1. The van der Waals surface area contributed by atoms with Gasteiger partial charge in [-0.05, 0) is 42.9 Å². The molecule has 1 heterocycles. The lowest BCUT2D eigenvalue weighted by molar-refractivity contribution is 0.476. The Morgan fingerprint density at radius 2 is 2.21 bits per heavy atom. The summed E-state index contributed by atoms with van der Waals surface area (Å²) in [6, 6.07) is 7.39. The maximum atomic E-state index is 4.07. The molecule has 1 aromatic carbocycles. The number of nitrogens with one attached hydrogen (secondary N) is 1. The van der Waals surface area contributed by atoms with Crippen molar-refractivity contribution >= 4 is 0 Å². The number of aromatic nitrogens is 2. The Morgan fingerprint density at radius 1 is 1.32 bits per heavy atom. The Labute approximate surface area is 114 Å². The lowest BCUT2D eigenvalue weighted by Gasteiger charge is -2.15. The molecule has 19 heavy (non-hydrogen) atoms. The summed E-state index contributed by atoms with van der Waals surface area (Å²) in [6.07, 6.45) is 9.55. The highest BCUT2D eigenvalue weighted by molar-refractivity contribution is 5.35. The molecule has 0 amide bonds. The Kier molecular flexibility index (Phi) is 3.65. The summed E-state index contributed by atoms with van der Waals surface area (Å²) in [5, 5.41) is 3.58. The van der Waals surface area contributed by atoms with Crippen LogP contribution in [0.3, 0.4) is 0 Å². The first-order chi connectivity index (χ1) is 9.31. The first kappa shape index (κ1) is 12.4. The van der Waals surface area contributed by atoms with Crippen LogP contribution in [0.5, 0.6) is 0 Å². The Bertz CT molecular complexity index is 531. The molecule has 1 aliphatic carbocycles. The van der Waals surface area contributed by atoms with Gasteiger partial charge in [0, 0.05) is 31.5 Å². The van der Waals surface area contributed by atoms with Gasteiger partial charge in [-0.3, -0.25) is 0 Å². The predicted octanol–water partition coefficient (Wildman–Crippen LogP) is 2.55. The molecule has 1 unspecified atom stereocenters. The number of rotatable bonds is 5. The summed E-state index contributed by atoms with van der Waals surface area (Å²) in [7, 11) is 0. The van der Waals surface area contributed by atoms with E-state index in [0.29, 0.717) is 6.04 Å². The molecular weight excluding hydrogens is 234 g/mol. The number of hydrogen-bond donors (Lipinski definition) is 1. The molecule has 0 radical (unpaired) electrons. The lowest BCUT2D eigenvalue weighted by atomic mass is 10.1. The third-order valence-electron chi connectivity index (χ3n) is 3.86. The van der Waals surface area contributed by atoms with Crippen molar-refractivity contribution in [3.05, 3.63) is 53.6 Å². The number of nitrogens with zero attached hydrogens (tertiary/aromatic N) is 2. The molecule has 0 fully saturated rings. The van der Waals surface area contributed by atoms with Crippen LogP contribution in [0, 0.1) is 0 Å². The topological polar surface area (TPSA) is 29.9 Å². The van der Waals surface area contributed by atoms with Crippen LogP contribution in [0.1, 0.15) is 30.0 Å². The Hall–Kier alpha value is -1.61. The predicted molar refractivity (Wildman–Crippen MR) is 77.0 cm³/mol. The normalized spacial score (nSPS) is 15.4. The molecule has 3 heteroatoms. The Morgan fingerprint density at radius 3 is 3.05 bits per heavy atom. The zero-order valence-corrected chi connectivity index (χ0v) is 11.5. The van der Waals surface area contributed by atoms with Crippen molar-refractivity contribution in [1.82, 2.24) is 14.9 Å². The summed E-state index contributed by atoms with van der Waals surface area (Å²) in [6.45, 7) is 4.13. The van der Waals surface area contributed by atoms with Crippen molar-refractivity contribution in [3.63, 3.8) is 0 Å². The highest BCUT2D eigenvalue weighted by Crippen LogP contribution is 2.22. The van der Waals surface area contributed by atoms with E-state index < -0.39 is 0 Å². The average Bonchev–Trinajstić information content (AvgIpc) is 3.06. The van der Waals surface area contributed by atoms with Crippen molar-refractivity contribution < 1.29 is 0 Å². The molecule has 0 saturated heterocycles. The highest BCUT2D eigenvalue weighted by atomic mass is 15.1. The van der Waals surface area contributed by atoms with Crippen LogP contribution in [0.15, 0.2) is 36.9 Å². The van der Waals surface area contributed by atoms with Crippen LogP contribution < -0.4 is 5.32 Å². The van der Waals surface area contributed by atoms with Crippen molar-refractivity contribution in [3.8, 4) is 0 Å². The van der Waals surface area contributed by atoms with Gasteiger partial charge in [0.1, 0.15) is 0 Å². The van der Waals surface area contributed by atoms with Crippen molar-refractivity contribution in [2.24, 2.45) is 0 Å². The fraction of sp³-hybridized carbons (Fsp3) is 0.438. The first-order valence-electron chi connectivity index (χ1n) is 7.11. The largest absolute Gasteiger partial charge is 0.336 e. The van der Waals surface area contributed by atoms with Crippen LogP contribution in [-0.4, -0.2) is 15.6 Å². The maximum Gasteiger partial charge on any atom is 0.0946 e. The smallest absolute Gasteiger partial charge is 0.0946 e. The third-order valence-corrected chi connectivity index (χ3v) is 3.86. The number of benzene rings is 1. The fourth-order valence-electron chi connectivity index (χ4n) is 2.80. The molecule has 1 aliphatic rings. The molecule has 0 aliphatic heterocycles. The minimum atomic E-state index is 0.447. The van der Waals surface area contributed by atoms with Gasteiger partial charge < -0.3 is 9.88 Å². The van der Waals surface area contributed by atoms with E-state index in [1.165, 1.54) is 24.8 Å². The Balaban J connectivity index is 1.54. The summed E-state index contributed by atoms with van der Waals surface area (Å²) < 4.78 is 2.11. The molecule has 100 valence electrons. The monoisotopic (exact) mass is 255 g/mol. The van der Waals surface area contributed by atoms with Gasteiger partial charge in [0.05, 0.1) is 6.33 Å². The third kappa shape index (κ3) is 3.04. The van der Waals surface area contributed by atoms with Crippen molar-refractivity contribution in [1.29, 1.82) is 0 Å². The minimum Gasteiger partial charge on any atom is -0.336 e. The van der Waals surface area contributed by atoms with Crippen LogP contribution in [0.25, 0.3) is 0 Å². The summed E-state index contributed by atoms with van der Waals surface area (Å²) in [4.78, 5) is 4.07. The van der Waals surface area contributed by atoms with E-state index in [1.807, 2.05) is 18.7 Å². The van der Waals surface area contributed by atoms with E-state index in [9.17, 15) is 0 Å². The van der Waals surface area contributed by atoms with Gasteiger partial charge in [0.2, 0.25) is 0 Å². The average molecular weight is 255 g/mol. The SMILES string of the molecule is CC(Cn1ccnc1)NCc1ccc2c(c1)CCC2. The molecule has 1 atom stereocenters. The number of aryl methyl sites for hydroxylation is 2. The number of imidazole rings is 1. The fourth-order valence-corrected chi connectivity index (χ4v) is 2.80. The molecular formula is C16H21N3. The number of hydrogen-bond acceptors (Lipinski definition) is 2. The van der Waals surface area contributed by atoms with Crippen molar-refractivity contribution in [2.75, 3.05) is 0 Å². The van der Waals surface area contributed by atoms with Crippen molar-refractivity contribution in [2.45, 2.75) is 45.3 Å². The summed E-state index contributed by atoms with van der Waals surface area (Å²) in [5.74, 6) is 0. The quantitative estimate of drug-likeness (QED) is 0.890. The van der Waals surface area contributed by atoms with Gasteiger partial charge >= 0.3 is 0 Å². The first-order valence-corrected chi connectivity index (χ1v) is 7.11. The number of fused-ring (bicyclic) bond motifs is 1. The van der Waals surface area contributed by atoms with Gasteiger partial charge in [0.15, 0.2) is 0 Å². The molecule has 0 bridgehead atoms. The second kappa shape index (κ2) is 5.57. The molecule has 1 N–H and O–H groups in total. The second-order valence-corrected chi connectivity index (χ2v) is 5.50. The van der Waals surface area contributed by atoms with E-state index in [2.05, 4.69) is 40.0 Å². The van der Waals surface area contributed by atoms with E-state index in [0.717, 1.165) is 13.1 Å². The van der Waals surface area contributed by atoms with Gasteiger partial charge in [-0.2, -0.15) is 0 Å². The highest BCUT2D eigenvalue weighted by Gasteiger charge is 2.11. The zero-order valence-electron chi connectivity index (χ0n) is 11.5. The van der Waals surface area contributed by atoms with Crippen LogP contribution in [-0.2, 0) is 25.9 Å². The second-order valence-electron chi connectivity index (χ2n) is 5.50. The maximum absolute atomic E-state index is 4.07. The molecule has 0 spiro atoms. The van der Waals surface area contributed by atoms with E-state index >= 15 is 0 Å². The van der Waals surface area contributed by atoms with Gasteiger partial charge in [-0.25, -0.2) is 4.98 Å². The molecule has 0 saturated carbocycles. The van der Waals surface area contributed by atoms with Gasteiger partial charge in [0.25, 0.3) is 0 Å². The molecule has 1 aromatic heterocycles. The van der Waals surface area contributed by atoms with Gasteiger partial charge in [-0.15, -0.1) is 0 Å². The van der Waals surface area contributed by atoms with Gasteiger partial charge in [-0.1, -0.05) is 18.2 Å². The van der Waals surface area contributed by atoms with Crippen LogP contribution in [0.4, 0.5) is 0 Å². The summed E-state index contributed by atoms with van der Waals surface area (Å²) in [5.41, 5.74) is 4.51. The molecule has 2 aromatic rings.